The van der Waals surface area contributed by atoms with E-state index in [1.165, 1.54) is 0 Å². The van der Waals surface area contributed by atoms with Crippen LogP contribution in [0.1, 0.15) is 22.6 Å². The Bertz CT molecular complexity index is 605. The highest BCUT2D eigenvalue weighted by Crippen LogP contribution is 2.22. The van der Waals surface area contributed by atoms with Gasteiger partial charge in [0.25, 0.3) is 0 Å². The molecule has 0 amide bonds. The van der Waals surface area contributed by atoms with Gasteiger partial charge in [0.2, 0.25) is 0 Å². The summed E-state index contributed by atoms with van der Waals surface area (Å²) >= 11 is 0. The molecule has 0 fully saturated rings. The Morgan fingerprint density at radius 2 is 1.90 bits per heavy atom. The van der Waals surface area contributed by atoms with Gasteiger partial charge in [0.15, 0.2) is 0 Å². The largest absolute Gasteiger partial charge is 0.492 e. The summed E-state index contributed by atoms with van der Waals surface area (Å²) in [7, 11) is 0. The highest BCUT2D eigenvalue weighted by Gasteiger charge is 2.22. The van der Waals surface area contributed by atoms with Crippen LogP contribution in [0.2, 0.25) is 0 Å². The predicted octanol–water partition coefficient (Wildman–Crippen LogP) is 3.55. The predicted molar refractivity (Wildman–Crippen MR) is 78.2 cm³/mol. The van der Waals surface area contributed by atoms with Crippen LogP contribution in [0.3, 0.4) is 0 Å². The molecule has 20 heavy (non-hydrogen) atoms. The number of aliphatic carboxylic acids is 1. The lowest BCUT2D eigenvalue weighted by Crippen LogP contribution is -2.20. The van der Waals surface area contributed by atoms with Gasteiger partial charge in [-0.05, 0) is 42.7 Å². The molecule has 0 radical (unpaired) electrons. The molecule has 3 nitrogen and oxygen atoms in total. The van der Waals surface area contributed by atoms with Crippen molar-refractivity contribution in [3.8, 4) is 5.75 Å². The molecule has 3 heteroatoms. The molecule has 0 heterocycles. The number of aryl methyl sites for hydroxylation is 2. The Morgan fingerprint density at radius 1 is 1.15 bits per heavy atom. The van der Waals surface area contributed by atoms with E-state index in [1.807, 2.05) is 62.4 Å². The van der Waals surface area contributed by atoms with Crippen LogP contribution < -0.4 is 4.74 Å². The average molecular weight is 270 g/mol. The second kappa shape index (κ2) is 6.24. The second-order valence-electron chi connectivity index (χ2n) is 4.87. The molecule has 0 spiro atoms. The van der Waals surface area contributed by atoms with E-state index in [-0.39, 0.29) is 6.61 Å². The summed E-state index contributed by atoms with van der Waals surface area (Å²) in [5.74, 6) is -0.825. The zero-order valence-corrected chi connectivity index (χ0v) is 11.7. The third-order valence-corrected chi connectivity index (χ3v) is 3.27. The summed E-state index contributed by atoms with van der Waals surface area (Å²) in [6.07, 6.45) is 0. The van der Waals surface area contributed by atoms with Crippen LogP contribution in [-0.4, -0.2) is 17.7 Å². The highest BCUT2D eigenvalue weighted by molar-refractivity contribution is 5.76. The van der Waals surface area contributed by atoms with Crippen LogP contribution in [0.15, 0.2) is 48.5 Å². The van der Waals surface area contributed by atoms with E-state index >= 15 is 0 Å². The standard InChI is InChI=1S/C17H18O3/c1-12-6-5-8-14(10-12)20-11-16(17(18)19)15-9-4-3-7-13(15)2/h3-10,16H,11H2,1-2H3,(H,18,19). The number of ether oxygens (including phenoxy) is 1. The Morgan fingerprint density at radius 3 is 2.55 bits per heavy atom. The third kappa shape index (κ3) is 3.38. The number of carboxylic acids is 1. The summed E-state index contributed by atoms with van der Waals surface area (Å²) in [5.41, 5.74) is 2.85. The average Bonchev–Trinajstić information content (AvgIpc) is 2.40. The zero-order valence-electron chi connectivity index (χ0n) is 11.7. The lowest BCUT2D eigenvalue weighted by Gasteiger charge is -2.16. The van der Waals surface area contributed by atoms with Crippen molar-refractivity contribution in [2.45, 2.75) is 19.8 Å². The van der Waals surface area contributed by atoms with E-state index in [0.29, 0.717) is 5.75 Å². The monoisotopic (exact) mass is 270 g/mol. The molecule has 0 saturated carbocycles. The molecule has 2 aromatic rings. The maximum absolute atomic E-state index is 11.5. The van der Waals surface area contributed by atoms with Gasteiger partial charge in [-0.1, -0.05) is 36.4 Å². The summed E-state index contributed by atoms with van der Waals surface area (Å²) < 4.78 is 5.64. The zero-order chi connectivity index (χ0) is 14.5. The van der Waals surface area contributed by atoms with Crippen molar-refractivity contribution in [1.29, 1.82) is 0 Å². The molecule has 104 valence electrons. The highest BCUT2D eigenvalue weighted by atomic mass is 16.5. The van der Waals surface area contributed by atoms with Gasteiger partial charge < -0.3 is 9.84 Å². The minimum absolute atomic E-state index is 0.129. The first-order valence-electron chi connectivity index (χ1n) is 6.55. The molecule has 0 aliphatic carbocycles. The number of rotatable bonds is 5. The van der Waals surface area contributed by atoms with Gasteiger partial charge in [-0.2, -0.15) is 0 Å². The molecule has 0 aliphatic heterocycles. The van der Waals surface area contributed by atoms with Crippen molar-refractivity contribution in [3.63, 3.8) is 0 Å². The minimum Gasteiger partial charge on any atom is -0.492 e. The van der Waals surface area contributed by atoms with E-state index in [4.69, 9.17) is 4.74 Å². The molecule has 0 saturated heterocycles. The quantitative estimate of drug-likeness (QED) is 0.903. The van der Waals surface area contributed by atoms with Gasteiger partial charge in [-0.15, -0.1) is 0 Å². The van der Waals surface area contributed by atoms with Crippen LogP contribution in [0.5, 0.6) is 5.75 Å². The molecular weight excluding hydrogens is 252 g/mol. The van der Waals surface area contributed by atoms with Gasteiger partial charge in [0.1, 0.15) is 18.3 Å². The van der Waals surface area contributed by atoms with Crippen molar-refractivity contribution in [3.05, 3.63) is 65.2 Å². The van der Waals surface area contributed by atoms with E-state index in [0.717, 1.165) is 16.7 Å². The van der Waals surface area contributed by atoms with Crippen molar-refractivity contribution in [2.24, 2.45) is 0 Å². The topological polar surface area (TPSA) is 46.5 Å². The molecule has 1 atom stereocenters. The molecule has 1 unspecified atom stereocenters. The third-order valence-electron chi connectivity index (χ3n) is 3.27. The van der Waals surface area contributed by atoms with Crippen LogP contribution >= 0.6 is 0 Å². The number of hydrogen-bond donors (Lipinski definition) is 1. The summed E-state index contributed by atoms with van der Waals surface area (Å²) in [6, 6.07) is 15.1. The first-order valence-corrected chi connectivity index (χ1v) is 6.55. The molecule has 1 N–H and O–H groups in total. The molecule has 2 aromatic carbocycles. The van der Waals surface area contributed by atoms with Gasteiger partial charge in [-0.25, -0.2) is 0 Å². The van der Waals surface area contributed by atoms with Crippen LogP contribution in [-0.2, 0) is 4.79 Å². The SMILES string of the molecule is Cc1cccc(OCC(C(=O)O)c2ccccc2C)c1. The number of hydrogen-bond acceptors (Lipinski definition) is 2. The van der Waals surface area contributed by atoms with Crippen LogP contribution in [0.25, 0.3) is 0 Å². The first kappa shape index (κ1) is 14.1. The first-order chi connectivity index (χ1) is 9.58. The lowest BCUT2D eigenvalue weighted by molar-refractivity contribution is -0.139. The molecule has 2 rings (SSSR count). The van der Waals surface area contributed by atoms with Gasteiger partial charge in [0, 0.05) is 0 Å². The van der Waals surface area contributed by atoms with E-state index in [1.54, 1.807) is 0 Å². The minimum atomic E-state index is -0.869. The Balaban J connectivity index is 2.15. The van der Waals surface area contributed by atoms with Gasteiger partial charge in [-0.3, -0.25) is 4.79 Å². The lowest BCUT2D eigenvalue weighted by atomic mass is 9.95. The number of carbonyl (C=O) groups is 1. The van der Waals surface area contributed by atoms with Gasteiger partial charge >= 0.3 is 5.97 Å². The molecular formula is C17H18O3. The van der Waals surface area contributed by atoms with E-state index in [2.05, 4.69) is 0 Å². The Kier molecular flexibility index (Phi) is 4.41. The molecule has 0 aliphatic rings. The fourth-order valence-corrected chi connectivity index (χ4v) is 2.16. The summed E-state index contributed by atoms with van der Waals surface area (Å²) in [4.78, 5) is 11.5. The molecule has 0 aromatic heterocycles. The van der Waals surface area contributed by atoms with Crippen LogP contribution in [0, 0.1) is 13.8 Å². The fraction of sp³-hybridized carbons (Fsp3) is 0.235. The van der Waals surface area contributed by atoms with E-state index < -0.39 is 11.9 Å². The van der Waals surface area contributed by atoms with Crippen molar-refractivity contribution in [2.75, 3.05) is 6.61 Å². The molecule has 0 bridgehead atoms. The maximum Gasteiger partial charge on any atom is 0.314 e. The Labute approximate surface area is 118 Å². The summed E-state index contributed by atoms with van der Waals surface area (Å²) in [5, 5.41) is 9.40. The smallest absolute Gasteiger partial charge is 0.314 e. The summed E-state index contributed by atoms with van der Waals surface area (Å²) in [6.45, 7) is 4.02. The number of benzene rings is 2. The van der Waals surface area contributed by atoms with Crippen LogP contribution in [0.4, 0.5) is 0 Å². The fourth-order valence-electron chi connectivity index (χ4n) is 2.16. The number of carboxylic acid groups (broad SMARTS) is 1. The second-order valence-corrected chi connectivity index (χ2v) is 4.87. The Hall–Kier alpha value is -2.29. The van der Waals surface area contributed by atoms with Gasteiger partial charge in [0.05, 0.1) is 0 Å². The van der Waals surface area contributed by atoms with Crippen molar-refractivity contribution < 1.29 is 14.6 Å². The van der Waals surface area contributed by atoms with Crippen molar-refractivity contribution >= 4 is 5.97 Å². The van der Waals surface area contributed by atoms with Crippen molar-refractivity contribution in [1.82, 2.24) is 0 Å². The van der Waals surface area contributed by atoms with E-state index in [9.17, 15) is 9.90 Å². The maximum atomic E-state index is 11.5. The normalized spacial score (nSPS) is 11.9.